The minimum Gasteiger partial charge on any atom is -0.480 e. The van der Waals surface area contributed by atoms with Crippen LogP contribution < -0.4 is 0 Å². The smallest absolute Gasteiger partial charge is 0.326 e. The maximum Gasteiger partial charge on any atom is 0.326 e. The number of likely N-dealkylation sites (tertiary alicyclic amines) is 1. The molecule has 0 aliphatic carbocycles. The van der Waals surface area contributed by atoms with Gasteiger partial charge in [-0.3, -0.25) is 14.8 Å². The number of hydrogen-bond acceptors (Lipinski definition) is 4. The van der Waals surface area contributed by atoms with E-state index in [9.17, 15) is 9.59 Å². The summed E-state index contributed by atoms with van der Waals surface area (Å²) in [5, 5.41) is 9.13. The summed E-state index contributed by atoms with van der Waals surface area (Å²) in [6.45, 7) is 0.480. The number of amides is 1. The molecule has 1 aliphatic heterocycles. The van der Waals surface area contributed by atoms with Gasteiger partial charge in [-0.15, -0.1) is 0 Å². The summed E-state index contributed by atoms with van der Waals surface area (Å²) in [6.07, 6.45) is 4.38. The van der Waals surface area contributed by atoms with Gasteiger partial charge >= 0.3 is 5.97 Å². The van der Waals surface area contributed by atoms with Crippen LogP contribution in [0.5, 0.6) is 0 Å². The van der Waals surface area contributed by atoms with Crippen molar-refractivity contribution in [1.82, 2.24) is 14.9 Å². The van der Waals surface area contributed by atoms with E-state index in [1.165, 1.54) is 4.90 Å². The molecule has 0 bridgehead atoms. The zero-order chi connectivity index (χ0) is 14.1. The fourth-order valence-electron chi connectivity index (χ4n) is 2.53. The molecule has 0 saturated carbocycles. The van der Waals surface area contributed by atoms with Crippen LogP contribution in [-0.2, 0) is 4.79 Å². The highest BCUT2D eigenvalue weighted by Crippen LogP contribution is 2.21. The molecule has 2 aromatic rings. The van der Waals surface area contributed by atoms with Crippen molar-refractivity contribution in [2.45, 2.75) is 18.9 Å². The van der Waals surface area contributed by atoms with Crippen molar-refractivity contribution in [2.24, 2.45) is 0 Å². The molecule has 1 aromatic heterocycles. The SMILES string of the molecule is O=C(O)[C@@H]1CCCN1C(=O)c1ccc2nccnc2c1. The highest BCUT2D eigenvalue weighted by atomic mass is 16.4. The Hall–Kier alpha value is -2.50. The van der Waals surface area contributed by atoms with Crippen molar-refractivity contribution >= 4 is 22.9 Å². The number of nitrogens with zero attached hydrogens (tertiary/aromatic N) is 3. The van der Waals surface area contributed by atoms with Crippen LogP contribution in [0.4, 0.5) is 0 Å². The highest BCUT2D eigenvalue weighted by molar-refractivity contribution is 5.99. The molecule has 20 heavy (non-hydrogen) atoms. The summed E-state index contributed by atoms with van der Waals surface area (Å²) in [4.78, 5) is 33.3. The van der Waals surface area contributed by atoms with Crippen LogP contribution in [0.2, 0.25) is 0 Å². The second-order valence-electron chi connectivity index (χ2n) is 4.75. The lowest BCUT2D eigenvalue weighted by Crippen LogP contribution is -2.40. The minimum atomic E-state index is -0.948. The highest BCUT2D eigenvalue weighted by Gasteiger charge is 2.34. The van der Waals surface area contributed by atoms with E-state index in [-0.39, 0.29) is 5.91 Å². The number of carboxylic acid groups (broad SMARTS) is 1. The first-order valence-corrected chi connectivity index (χ1v) is 6.41. The van der Waals surface area contributed by atoms with Gasteiger partial charge in [0.15, 0.2) is 0 Å². The fraction of sp³-hybridized carbons (Fsp3) is 0.286. The van der Waals surface area contributed by atoms with Crippen LogP contribution in [0.15, 0.2) is 30.6 Å². The predicted octanol–water partition coefficient (Wildman–Crippen LogP) is 1.32. The maximum absolute atomic E-state index is 12.4. The van der Waals surface area contributed by atoms with E-state index in [1.54, 1.807) is 30.6 Å². The zero-order valence-electron chi connectivity index (χ0n) is 10.7. The van der Waals surface area contributed by atoms with E-state index in [0.29, 0.717) is 29.6 Å². The number of fused-ring (bicyclic) bond motifs is 1. The lowest BCUT2D eigenvalue weighted by molar-refractivity contribution is -0.141. The predicted molar refractivity (Wildman–Crippen MR) is 71.2 cm³/mol. The van der Waals surface area contributed by atoms with Gasteiger partial charge in [-0.05, 0) is 31.0 Å². The summed E-state index contributed by atoms with van der Waals surface area (Å²) < 4.78 is 0. The second kappa shape index (κ2) is 4.88. The van der Waals surface area contributed by atoms with E-state index in [1.807, 2.05) is 0 Å². The molecule has 6 heteroatoms. The molecule has 1 N–H and O–H groups in total. The first kappa shape index (κ1) is 12.5. The largest absolute Gasteiger partial charge is 0.480 e. The minimum absolute atomic E-state index is 0.262. The van der Waals surface area contributed by atoms with Gasteiger partial charge in [0.05, 0.1) is 11.0 Å². The number of rotatable bonds is 2. The van der Waals surface area contributed by atoms with E-state index in [2.05, 4.69) is 9.97 Å². The summed E-state index contributed by atoms with van der Waals surface area (Å²) in [5.41, 5.74) is 1.79. The Morgan fingerprint density at radius 1 is 1.20 bits per heavy atom. The molecule has 0 spiro atoms. The topological polar surface area (TPSA) is 83.4 Å². The molecular formula is C14H13N3O3. The van der Waals surface area contributed by atoms with Gasteiger partial charge in [-0.1, -0.05) is 0 Å². The molecule has 3 rings (SSSR count). The third-order valence-electron chi connectivity index (χ3n) is 3.51. The van der Waals surface area contributed by atoms with Crippen molar-refractivity contribution in [1.29, 1.82) is 0 Å². The van der Waals surface area contributed by atoms with Crippen LogP contribution in [0.25, 0.3) is 11.0 Å². The van der Waals surface area contributed by atoms with E-state index < -0.39 is 12.0 Å². The average molecular weight is 271 g/mol. The summed E-state index contributed by atoms with van der Waals surface area (Å²) >= 11 is 0. The lowest BCUT2D eigenvalue weighted by atomic mass is 10.1. The van der Waals surface area contributed by atoms with Gasteiger partial charge in [-0.25, -0.2) is 4.79 Å². The Morgan fingerprint density at radius 3 is 2.70 bits per heavy atom. The molecule has 1 aromatic carbocycles. The third-order valence-corrected chi connectivity index (χ3v) is 3.51. The maximum atomic E-state index is 12.4. The average Bonchev–Trinajstić information content (AvgIpc) is 2.95. The molecular weight excluding hydrogens is 258 g/mol. The standard InChI is InChI=1S/C14H13N3O3/c18-13(17-7-1-2-12(17)14(19)20)9-3-4-10-11(8-9)16-6-5-15-10/h3-6,8,12H,1-2,7H2,(H,19,20)/t12-/m0/s1. The van der Waals surface area contributed by atoms with E-state index in [0.717, 1.165) is 6.42 Å². The Balaban J connectivity index is 1.94. The van der Waals surface area contributed by atoms with Gasteiger partial charge in [0.2, 0.25) is 0 Å². The fourth-order valence-corrected chi connectivity index (χ4v) is 2.53. The van der Waals surface area contributed by atoms with Crippen molar-refractivity contribution in [3.8, 4) is 0 Å². The van der Waals surface area contributed by atoms with Gasteiger partial charge in [0.1, 0.15) is 6.04 Å². The van der Waals surface area contributed by atoms with Crippen LogP contribution in [0.1, 0.15) is 23.2 Å². The first-order valence-electron chi connectivity index (χ1n) is 6.41. The quantitative estimate of drug-likeness (QED) is 0.890. The van der Waals surface area contributed by atoms with Gasteiger partial charge in [0.25, 0.3) is 5.91 Å². The molecule has 2 heterocycles. The Bertz CT molecular complexity index is 686. The van der Waals surface area contributed by atoms with Crippen molar-refractivity contribution in [2.75, 3.05) is 6.54 Å². The number of aromatic nitrogens is 2. The molecule has 0 radical (unpaired) electrons. The Morgan fingerprint density at radius 2 is 1.95 bits per heavy atom. The van der Waals surface area contributed by atoms with Crippen LogP contribution in [0, 0.1) is 0 Å². The van der Waals surface area contributed by atoms with Crippen LogP contribution in [-0.4, -0.2) is 44.4 Å². The summed E-state index contributed by atoms with van der Waals surface area (Å²) in [6, 6.07) is 4.32. The number of aliphatic carboxylic acids is 1. The Kier molecular flexibility index (Phi) is 3.06. The van der Waals surface area contributed by atoms with E-state index >= 15 is 0 Å². The number of hydrogen-bond donors (Lipinski definition) is 1. The lowest BCUT2D eigenvalue weighted by Gasteiger charge is -2.21. The van der Waals surface area contributed by atoms with Gasteiger partial charge < -0.3 is 10.0 Å². The van der Waals surface area contributed by atoms with Crippen molar-refractivity contribution in [3.63, 3.8) is 0 Å². The number of carbonyl (C=O) groups excluding carboxylic acids is 1. The summed E-state index contributed by atoms with van der Waals surface area (Å²) in [5.74, 6) is -1.21. The number of carboxylic acids is 1. The summed E-state index contributed by atoms with van der Waals surface area (Å²) in [7, 11) is 0. The van der Waals surface area contributed by atoms with Crippen LogP contribution in [0.3, 0.4) is 0 Å². The Labute approximate surface area is 115 Å². The van der Waals surface area contributed by atoms with Gasteiger partial charge in [-0.2, -0.15) is 0 Å². The molecule has 6 nitrogen and oxygen atoms in total. The normalized spacial score (nSPS) is 18.4. The zero-order valence-corrected chi connectivity index (χ0v) is 10.7. The third kappa shape index (κ3) is 2.09. The number of carbonyl (C=O) groups is 2. The van der Waals surface area contributed by atoms with Crippen LogP contribution >= 0.6 is 0 Å². The molecule has 102 valence electrons. The monoisotopic (exact) mass is 271 g/mol. The number of benzene rings is 1. The molecule has 1 amide bonds. The van der Waals surface area contributed by atoms with Gasteiger partial charge in [0, 0.05) is 24.5 Å². The van der Waals surface area contributed by atoms with Crippen molar-refractivity contribution in [3.05, 3.63) is 36.2 Å². The van der Waals surface area contributed by atoms with Crippen molar-refractivity contribution < 1.29 is 14.7 Å². The molecule has 1 fully saturated rings. The molecule has 1 atom stereocenters. The van der Waals surface area contributed by atoms with E-state index in [4.69, 9.17) is 5.11 Å². The molecule has 1 saturated heterocycles. The first-order chi connectivity index (χ1) is 9.66. The molecule has 0 unspecified atom stereocenters. The second-order valence-corrected chi connectivity index (χ2v) is 4.75. The molecule has 1 aliphatic rings.